The maximum absolute atomic E-state index is 3.24. The van der Waals surface area contributed by atoms with Crippen LogP contribution in [0.25, 0.3) is 0 Å². The molecule has 0 aliphatic rings. The summed E-state index contributed by atoms with van der Waals surface area (Å²) >= 11 is 2.32. The predicted molar refractivity (Wildman–Crippen MR) is 85.7 cm³/mol. The molecular formula is C17H15I. The predicted octanol–water partition coefficient (Wildman–Crippen LogP) is 4.56. The van der Waals surface area contributed by atoms with Crippen molar-refractivity contribution >= 4 is 22.6 Å². The van der Waals surface area contributed by atoms with Crippen LogP contribution in [0.4, 0.5) is 0 Å². The fourth-order valence-electron chi connectivity index (χ4n) is 1.73. The lowest BCUT2D eigenvalue weighted by Gasteiger charge is -1.98. The lowest BCUT2D eigenvalue weighted by Crippen LogP contribution is -1.84. The van der Waals surface area contributed by atoms with Crippen LogP contribution in [0.2, 0.25) is 0 Å². The highest BCUT2D eigenvalue weighted by molar-refractivity contribution is 14.1. The minimum absolute atomic E-state index is 1.07. The Balaban J connectivity index is 2.25. The molecule has 0 radical (unpaired) electrons. The third-order valence-electron chi connectivity index (χ3n) is 2.89. The third-order valence-corrected chi connectivity index (χ3v) is 3.56. The SMILES string of the molecule is CCc1ccc(C#Cc2ccc(I)cc2C)cc1. The summed E-state index contributed by atoms with van der Waals surface area (Å²) in [7, 11) is 0. The molecule has 18 heavy (non-hydrogen) atoms. The average Bonchev–Trinajstić information content (AvgIpc) is 2.38. The van der Waals surface area contributed by atoms with Crippen molar-refractivity contribution in [1.82, 2.24) is 0 Å². The Morgan fingerprint density at radius 2 is 1.72 bits per heavy atom. The van der Waals surface area contributed by atoms with Gasteiger partial charge in [-0.05, 0) is 77.4 Å². The Kier molecular flexibility index (Phi) is 4.43. The van der Waals surface area contributed by atoms with Crippen molar-refractivity contribution in [2.75, 3.05) is 0 Å². The van der Waals surface area contributed by atoms with E-state index in [4.69, 9.17) is 0 Å². The van der Waals surface area contributed by atoms with Gasteiger partial charge in [0.25, 0.3) is 0 Å². The Morgan fingerprint density at radius 3 is 2.33 bits per heavy atom. The molecule has 2 aromatic rings. The normalized spacial score (nSPS) is 9.72. The van der Waals surface area contributed by atoms with Crippen LogP contribution in [0.1, 0.15) is 29.2 Å². The molecule has 0 N–H and O–H groups in total. The fraction of sp³-hybridized carbons (Fsp3) is 0.176. The molecule has 0 aliphatic carbocycles. The van der Waals surface area contributed by atoms with Gasteiger partial charge in [-0.2, -0.15) is 0 Å². The van der Waals surface area contributed by atoms with E-state index in [1.54, 1.807) is 0 Å². The summed E-state index contributed by atoms with van der Waals surface area (Å²) in [6, 6.07) is 14.8. The molecule has 0 aromatic heterocycles. The molecule has 0 atom stereocenters. The first-order chi connectivity index (χ1) is 8.69. The van der Waals surface area contributed by atoms with Gasteiger partial charge >= 0.3 is 0 Å². The first kappa shape index (κ1) is 13.2. The van der Waals surface area contributed by atoms with Crippen LogP contribution in [0, 0.1) is 22.3 Å². The lowest BCUT2D eigenvalue weighted by atomic mass is 10.1. The largest absolute Gasteiger partial charge is 0.0616 e. The molecular weight excluding hydrogens is 331 g/mol. The third kappa shape index (κ3) is 3.36. The van der Waals surface area contributed by atoms with Gasteiger partial charge in [-0.25, -0.2) is 0 Å². The monoisotopic (exact) mass is 346 g/mol. The van der Waals surface area contributed by atoms with Gasteiger partial charge in [-0.15, -0.1) is 0 Å². The van der Waals surface area contributed by atoms with Crippen molar-refractivity contribution in [3.05, 3.63) is 68.3 Å². The van der Waals surface area contributed by atoms with E-state index in [2.05, 4.69) is 90.7 Å². The Hall–Kier alpha value is -1.27. The first-order valence-corrected chi connectivity index (χ1v) is 7.14. The number of hydrogen-bond acceptors (Lipinski definition) is 0. The van der Waals surface area contributed by atoms with Crippen molar-refractivity contribution in [1.29, 1.82) is 0 Å². The molecule has 2 aromatic carbocycles. The van der Waals surface area contributed by atoms with Crippen molar-refractivity contribution in [2.24, 2.45) is 0 Å². The molecule has 0 saturated heterocycles. The second kappa shape index (κ2) is 6.06. The minimum Gasteiger partial charge on any atom is -0.0616 e. The van der Waals surface area contributed by atoms with Crippen LogP contribution in [-0.2, 0) is 6.42 Å². The first-order valence-electron chi connectivity index (χ1n) is 6.06. The number of hydrogen-bond donors (Lipinski definition) is 0. The quantitative estimate of drug-likeness (QED) is 0.525. The van der Waals surface area contributed by atoms with Gasteiger partial charge < -0.3 is 0 Å². The maximum atomic E-state index is 3.24. The summed E-state index contributed by atoms with van der Waals surface area (Å²) in [6.45, 7) is 4.27. The van der Waals surface area contributed by atoms with Gasteiger partial charge in [0.15, 0.2) is 0 Å². The highest BCUT2D eigenvalue weighted by Crippen LogP contribution is 2.12. The highest BCUT2D eigenvalue weighted by Gasteiger charge is 1.95. The maximum Gasteiger partial charge on any atom is 0.0278 e. The molecule has 0 spiro atoms. The van der Waals surface area contributed by atoms with Crippen LogP contribution in [0.3, 0.4) is 0 Å². The van der Waals surface area contributed by atoms with E-state index < -0.39 is 0 Å². The van der Waals surface area contributed by atoms with Gasteiger partial charge in [-0.3, -0.25) is 0 Å². The molecule has 0 heterocycles. The fourth-order valence-corrected chi connectivity index (χ4v) is 2.38. The molecule has 0 aliphatic heterocycles. The minimum atomic E-state index is 1.07. The smallest absolute Gasteiger partial charge is 0.0278 e. The van der Waals surface area contributed by atoms with Crippen molar-refractivity contribution in [2.45, 2.75) is 20.3 Å². The molecule has 90 valence electrons. The second-order valence-electron chi connectivity index (χ2n) is 4.26. The molecule has 0 bridgehead atoms. The van der Waals surface area contributed by atoms with Gasteiger partial charge in [0.1, 0.15) is 0 Å². The van der Waals surface area contributed by atoms with Gasteiger partial charge in [0, 0.05) is 14.7 Å². The average molecular weight is 346 g/mol. The van der Waals surface area contributed by atoms with E-state index in [1.165, 1.54) is 14.7 Å². The zero-order valence-electron chi connectivity index (χ0n) is 10.6. The van der Waals surface area contributed by atoms with Crippen LogP contribution < -0.4 is 0 Å². The Labute approximate surface area is 123 Å². The van der Waals surface area contributed by atoms with E-state index in [9.17, 15) is 0 Å². The Morgan fingerprint density at radius 1 is 1.00 bits per heavy atom. The summed E-state index contributed by atoms with van der Waals surface area (Å²) in [6.07, 6.45) is 1.07. The molecule has 0 fully saturated rings. The standard InChI is InChI=1S/C17H15I/c1-3-14-4-6-15(7-5-14)8-9-16-10-11-17(18)12-13(16)2/h4-7,10-12H,3H2,1-2H3. The zero-order chi connectivity index (χ0) is 13.0. The van der Waals surface area contributed by atoms with Gasteiger partial charge in [0.05, 0.1) is 0 Å². The van der Waals surface area contributed by atoms with E-state index >= 15 is 0 Å². The molecule has 0 nitrogen and oxygen atoms in total. The molecule has 0 unspecified atom stereocenters. The lowest BCUT2D eigenvalue weighted by molar-refractivity contribution is 1.14. The summed E-state index contributed by atoms with van der Waals surface area (Å²) in [5, 5.41) is 0. The van der Waals surface area contributed by atoms with Crippen molar-refractivity contribution in [3.8, 4) is 11.8 Å². The summed E-state index contributed by atoms with van der Waals surface area (Å²) < 4.78 is 1.25. The zero-order valence-corrected chi connectivity index (χ0v) is 12.8. The van der Waals surface area contributed by atoms with Crippen molar-refractivity contribution < 1.29 is 0 Å². The van der Waals surface area contributed by atoms with Crippen LogP contribution in [0.15, 0.2) is 42.5 Å². The van der Waals surface area contributed by atoms with Crippen LogP contribution in [0.5, 0.6) is 0 Å². The van der Waals surface area contributed by atoms with Crippen LogP contribution >= 0.6 is 22.6 Å². The van der Waals surface area contributed by atoms with Gasteiger partial charge in [-0.1, -0.05) is 30.9 Å². The number of rotatable bonds is 1. The molecule has 1 heteroatoms. The van der Waals surface area contributed by atoms with Crippen molar-refractivity contribution in [3.63, 3.8) is 0 Å². The van der Waals surface area contributed by atoms with Crippen LogP contribution in [-0.4, -0.2) is 0 Å². The van der Waals surface area contributed by atoms with E-state index in [1.807, 2.05) is 0 Å². The topological polar surface area (TPSA) is 0 Å². The number of aryl methyl sites for hydroxylation is 2. The second-order valence-corrected chi connectivity index (χ2v) is 5.51. The summed E-state index contributed by atoms with van der Waals surface area (Å²) in [5.41, 5.74) is 4.77. The molecule has 0 amide bonds. The molecule has 2 rings (SSSR count). The summed E-state index contributed by atoms with van der Waals surface area (Å²) in [5.74, 6) is 6.46. The molecule has 0 saturated carbocycles. The van der Waals surface area contributed by atoms with E-state index in [-0.39, 0.29) is 0 Å². The van der Waals surface area contributed by atoms with E-state index in [0.717, 1.165) is 17.5 Å². The van der Waals surface area contributed by atoms with E-state index in [0.29, 0.717) is 0 Å². The highest BCUT2D eigenvalue weighted by atomic mass is 127. The number of halogens is 1. The van der Waals surface area contributed by atoms with Gasteiger partial charge in [0.2, 0.25) is 0 Å². The number of benzene rings is 2. The summed E-state index contributed by atoms with van der Waals surface area (Å²) in [4.78, 5) is 0. The Bertz CT molecular complexity index is 598.